The van der Waals surface area contributed by atoms with Crippen LogP contribution in [-0.4, -0.2) is 29.8 Å². The van der Waals surface area contributed by atoms with Crippen molar-refractivity contribution in [2.24, 2.45) is 5.92 Å². The normalized spacial score (nSPS) is 17.8. The number of carbonyl (C=O) groups excluding carboxylic acids is 1. The number of aromatic nitrogens is 2. The molecule has 0 amide bonds. The molecule has 0 saturated carbocycles. The minimum Gasteiger partial charge on any atom is -0.469 e. The Morgan fingerprint density at radius 1 is 1.14 bits per heavy atom. The first-order valence-electron chi connectivity index (χ1n) is 11.4. The first kappa shape index (κ1) is 25.1. The first-order valence-corrected chi connectivity index (χ1v) is 12.2. The Hall–Kier alpha value is -3.57. The molecule has 2 aromatic carbocycles. The smallest absolute Gasteiger partial charge is 0.426 e. The van der Waals surface area contributed by atoms with E-state index < -0.39 is 16.9 Å². The van der Waals surface area contributed by atoms with Gasteiger partial charge < -0.3 is 14.6 Å². The molecule has 1 aliphatic heterocycles. The molecule has 6 nitrogen and oxygen atoms in total. The standard InChI is InChI=1S/C26H21F4N3O3S/c1-35-22(34)11-14-10-20(31-13-14)16-2-4-17(5-3-16)24-32-25(36-33-24)21-12-19(23(37-21)26(28,29)30)15-6-8-18(27)9-7-15/h2-9,12,14,20,31H,10-11,13H2,1H3/t14-,20-/m0/s1. The number of ether oxygens (including phenoxy) is 1. The summed E-state index contributed by atoms with van der Waals surface area (Å²) in [6, 6.07) is 13.7. The molecular formula is C26H21F4N3O3S. The van der Waals surface area contributed by atoms with Crippen LogP contribution in [0.4, 0.5) is 17.6 Å². The number of methoxy groups -OCH3 is 1. The fourth-order valence-electron chi connectivity index (χ4n) is 4.39. The lowest BCUT2D eigenvalue weighted by Gasteiger charge is -2.11. The summed E-state index contributed by atoms with van der Waals surface area (Å²) in [5, 5.41) is 7.36. The van der Waals surface area contributed by atoms with E-state index in [0.29, 0.717) is 23.3 Å². The molecule has 0 radical (unpaired) electrons. The van der Waals surface area contributed by atoms with Gasteiger partial charge >= 0.3 is 12.1 Å². The van der Waals surface area contributed by atoms with Crippen molar-refractivity contribution in [3.8, 4) is 33.3 Å². The minimum absolute atomic E-state index is 0.0361. The van der Waals surface area contributed by atoms with Crippen molar-refractivity contribution in [2.75, 3.05) is 13.7 Å². The number of hydrogen-bond donors (Lipinski definition) is 1. The molecule has 0 aliphatic carbocycles. The molecule has 1 saturated heterocycles. The number of nitrogens with one attached hydrogen (secondary N) is 1. The van der Waals surface area contributed by atoms with Crippen LogP contribution in [0.5, 0.6) is 0 Å². The van der Waals surface area contributed by atoms with Crippen molar-refractivity contribution >= 4 is 17.3 Å². The van der Waals surface area contributed by atoms with Crippen LogP contribution in [0.15, 0.2) is 59.1 Å². The lowest BCUT2D eigenvalue weighted by Crippen LogP contribution is -2.15. The van der Waals surface area contributed by atoms with Crippen molar-refractivity contribution in [1.29, 1.82) is 0 Å². The average molecular weight is 532 g/mol. The average Bonchev–Trinajstić information content (AvgIpc) is 3.64. The predicted octanol–water partition coefficient (Wildman–Crippen LogP) is 6.50. The molecule has 37 heavy (non-hydrogen) atoms. The zero-order valence-electron chi connectivity index (χ0n) is 19.5. The second-order valence-corrected chi connectivity index (χ2v) is 9.80. The van der Waals surface area contributed by atoms with Gasteiger partial charge in [0.2, 0.25) is 5.82 Å². The SMILES string of the molecule is COC(=O)C[C@H]1CN[C@H](c2ccc(-c3noc(-c4cc(-c5ccc(F)cc5)c(C(F)(F)F)s4)n3)cc2)C1. The minimum atomic E-state index is -4.60. The van der Waals surface area contributed by atoms with Crippen molar-refractivity contribution in [2.45, 2.75) is 25.1 Å². The second-order valence-electron chi connectivity index (χ2n) is 8.75. The van der Waals surface area contributed by atoms with Gasteiger partial charge in [0.25, 0.3) is 5.89 Å². The van der Waals surface area contributed by atoms with E-state index in [4.69, 9.17) is 9.26 Å². The van der Waals surface area contributed by atoms with Crippen LogP contribution < -0.4 is 5.32 Å². The number of benzene rings is 2. The van der Waals surface area contributed by atoms with Gasteiger partial charge in [-0.05, 0) is 48.2 Å². The predicted molar refractivity (Wildman–Crippen MR) is 129 cm³/mol. The van der Waals surface area contributed by atoms with E-state index in [1.165, 1.54) is 25.3 Å². The topological polar surface area (TPSA) is 77.2 Å². The van der Waals surface area contributed by atoms with Crippen LogP contribution in [0.25, 0.3) is 33.3 Å². The summed E-state index contributed by atoms with van der Waals surface area (Å²) in [4.78, 5) is 15.2. The zero-order chi connectivity index (χ0) is 26.2. The molecule has 2 aromatic heterocycles. The fraction of sp³-hybridized carbons (Fsp3) is 0.269. The van der Waals surface area contributed by atoms with E-state index in [1.54, 1.807) is 0 Å². The molecule has 2 atom stereocenters. The van der Waals surface area contributed by atoms with Gasteiger partial charge in [0.05, 0.1) is 12.0 Å². The van der Waals surface area contributed by atoms with E-state index >= 15 is 0 Å². The molecular weight excluding hydrogens is 510 g/mol. The van der Waals surface area contributed by atoms with Gasteiger partial charge in [-0.25, -0.2) is 4.39 Å². The third kappa shape index (κ3) is 5.42. The summed E-state index contributed by atoms with van der Waals surface area (Å²) in [5.74, 6) is -0.358. The van der Waals surface area contributed by atoms with E-state index in [1.807, 2.05) is 24.3 Å². The molecule has 0 bridgehead atoms. The number of thiophene rings is 1. The second kappa shape index (κ2) is 10.1. The summed E-state index contributed by atoms with van der Waals surface area (Å²) in [7, 11) is 1.38. The van der Waals surface area contributed by atoms with E-state index in [9.17, 15) is 22.4 Å². The Morgan fingerprint density at radius 2 is 1.84 bits per heavy atom. The highest BCUT2D eigenvalue weighted by atomic mass is 32.1. The maximum atomic E-state index is 13.7. The lowest BCUT2D eigenvalue weighted by atomic mass is 9.97. The molecule has 1 aliphatic rings. The quantitative estimate of drug-likeness (QED) is 0.226. The highest BCUT2D eigenvalue weighted by Gasteiger charge is 2.37. The van der Waals surface area contributed by atoms with Crippen molar-refractivity contribution in [3.05, 3.63) is 70.9 Å². The zero-order valence-corrected chi connectivity index (χ0v) is 20.3. The highest BCUT2D eigenvalue weighted by molar-refractivity contribution is 7.16. The lowest BCUT2D eigenvalue weighted by molar-refractivity contribution is -0.141. The number of nitrogens with zero attached hydrogens (tertiary/aromatic N) is 2. The Labute approximate surface area is 213 Å². The van der Waals surface area contributed by atoms with Gasteiger partial charge in [0, 0.05) is 23.6 Å². The maximum Gasteiger partial charge on any atom is 0.426 e. The van der Waals surface area contributed by atoms with Crippen LogP contribution in [0.3, 0.4) is 0 Å². The molecule has 3 heterocycles. The third-order valence-electron chi connectivity index (χ3n) is 6.26. The number of carbonyl (C=O) groups is 1. The van der Waals surface area contributed by atoms with Crippen molar-refractivity contribution in [3.63, 3.8) is 0 Å². The summed E-state index contributed by atoms with van der Waals surface area (Å²) >= 11 is 0.496. The maximum absolute atomic E-state index is 13.7. The van der Waals surface area contributed by atoms with Gasteiger partial charge in [-0.1, -0.05) is 41.6 Å². The highest BCUT2D eigenvalue weighted by Crippen LogP contribution is 2.45. The van der Waals surface area contributed by atoms with Crippen molar-refractivity contribution in [1.82, 2.24) is 15.5 Å². The number of halogens is 4. The molecule has 4 aromatic rings. The van der Waals surface area contributed by atoms with Crippen LogP contribution in [0.2, 0.25) is 0 Å². The van der Waals surface area contributed by atoms with Crippen LogP contribution in [0.1, 0.15) is 29.3 Å². The summed E-state index contributed by atoms with van der Waals surface area (Å²) in [5.41, 5.74) is 1.85. The van der Waals surface area contributed by atoms with E-state index in [2.05, 4.69) is 15.5 Å². The molecule has 192 valence electrons. The Bertz CT molecular complexity index is 1400. The van der Waals surface area contributed by atoms with Gasteiger partial charge in [-0.3, -0.25) is 4.79 Å². The molecule has 0 spiro atoms. The number of rotatable bonds is 6. The molecule has 1 fully saturated rings. The first-order chi connectivity index (χ1) is 17.7. The summed E-state index contributed by atoms with van der Waals surface area (Å²) in [6.07, 6.45) is -3.43. The van der Waals surface area contributed by atoms with Crippen LogP contribution in [0, 0.1) is 11.7 Å². The van der Waals surface area contributed by atoms with Gasteiger partial charge in [0.15, 0.2) is 0 Å². The number of alkyl halides is 3. The fourth-order valence-corrected chi connectivity index (χ4v) is 5.36. The monoisotopic (exact) mass is 531 g/mol. The third-order valence-corrected chi connectivity index (χ3v) is 7.43. The summed E-state index contributed by atoms with van der Waals surface area (Å²) < 4.78 is 64.5. The number of hydrogen-bond acceptors (Lipinski definition) is 7. The van der Waals surface area contributed by atoms with E-state index in [0.717, 1.165) is 30.7 Å². The van der Waals surface area contributed by atoms with Crippen LogP contribution in [-0.2, 0) is 15.7 Å². The molecule has 1 N–H and O–H groups in total. The van der Waals surface area contributed by atoms with E-state index in [-0.39, 0.29) is 45.6 Å². The van der Waals surface area contributed by atoms with Gasteiger partial charge in [-0.2, -0.15) is 18.2 Å². The molecule has 5 rings (SSSR count). The molecule has 11 heteroatoms. The van der Waals surface area contributed by atoms with Gasteiger partial charge in [0.1, 0.15) is 10.7 Å². The number of esters is 1. The van der Waals surface area contributed by atoms with Crippen molar-refractivity contribution < 1.29 is 31.6 Å². The van der Waals surface area contributed by atoms with Gasteiger partial charge in [-0.15, -0.1) is 11.3 Å². The molecule has 0 unspecified atom stereocenters. The largest absolute Gasteiger partial charge is 0.469 e. The Balaban J connectivity index is 1.35. The Kier molecular flexibility index (Phi) is 6.82. The van der Waals surface area contributed by atoms with Crippen LogP contribution >= 0.6 is 11.3 Å². The summed E-state index contributed by atoms with van der Waals surface area (Å²) in [6.45, 7) is 0.719. The Morgan fingerprint density at radius 3 is 2.51 bits per heavy atom.